The summed E-state index contributed by atoms with van der Waals surface area (Å²) >= 11 is 0. The zero-order chi connectivity index (χ0) is 12.7. The molecule has 0 aliphatic heterocycles. The van der Waals surface area contributed by atoms with Gasteiger partial charge in [-0.1, -0.05) is 6.92 Å². The van der Waals surface area contributed by atoms with Crippen LogP contribution in [0.1, 0.15) is 13.8 Å². The summed E-state index contributed by atoms with van der Waals surface area (Å²) in [4.78, 5) is 15.5. The van der Waals surface area contributed by atoms with Crippen LogP contribution in [0.25, 0.3) is 0 Å². The Kier molecular flexibility index (Phi) is 7.29. The predicted octanol–water partition coefficient (Wildman–Crippen LogP) is -0.241. The molecule has 0 aromatic heterocycles. The molecule has 2 unspecified atom stereocenters. The highest BCUT2D eigenvalue weighted by Gasteiger charge is 2.20. The summed E-state index contributed by atoms with van der Waals surface area (Å²) in [5, 5.41) is 0. The maximum atomic E-state index is 11.2. The van der Waals surface area contributed by atoms with Crippen molar-refractivity contribution in [1.82, 2.24) is 9.80 Å². The van der Waals surface area contributed by atoms with Gasteiger partial charge in [0.05, 0.1) is 7.11 Å². The molecular weight excluding hydrogens is 206 g/mol. The highest BCUT2D eigenvalue weighted by atomic mass is 16.5. The number of methoxy groups -OCH3 is 1. The number of esters is 1. The molecule has 16 heavy (non-hydrogen) atoms. The lowest BCUT2D eigenvalue weighted by molar-refractivity contribution is -0.142. The summed E-state index contributed by atoms with van der Waals surface area (Å²) in [6, 6.07) is -0.190. The molecular formula is C11H25N3O2. The molecule has 0 aliphatic carbocycles. The van der Waals surface area contributed by atoms with Crippen LogP contribution in [0.3, 0.4) is 0 Å². The third kappa shape index (κ3) is 5.44. The van der Waals surface area contributed by atoms with Crippen molar-refractivity contribution in [3.63, 3.8) is 0 Å². The molecule has 0 saturated carbocycles. The second-order valence-electron chi connectivity index (χ2n) is 4.33. The summed E-state index contributed by atoms with van der Waals surface area (Å²) in [6.45, 7) is 6.56. The van der Waals surface area contributed by atoms with Gasteiger partial charge < -0.3 is 15.4 Å². The normalized spacial score (nSPS) is 15.2. The Bertz CT molecular complexity index is 209. The summed E-state index contributed by atoms with van der Waals surface area (Å²) in [6.07, 6.45) is 0. The molecule has 2 N–H and O–H groups in total. The maximum Gasteiger partial charge on any atom is 0.323 e. The summed E-state index contributed by atoms with van der Waals surface area (Å²) in [5.41, 5.74) is 5.74. The molecule has 0 aromatic carbocycles. The highest BCUT2D eigenvalue weighted by molar-refractivity contribution is 5.75. The first-order chi connectivity index (χ1) is 7.42. The lowest BCUT2D eigenvalue weighted by Crippen LogP contribution is -2.48. The second kappa shape index (κ2) is 7.60. The van der Waals surface area contributed by atoms with Crippen molar-refractivity contribution in [2.45, 2.75) is 25.9 Å². The average molecular weight is 231 g/mol. The van der Waals surface area contributed by atoms with E-state index in [4.69, 9.17) is 5.73 Å². The Morgan fingerprint density at radius 2 is 1.94 bits per heavy atom. The van der Waals surface area contributed by atoms with Gasteiger partial charge in [0.1, 0.15) is 6.04 Å². The van der Waals surface area contributed by atoms with Crippen molar-refractivity contribution in [3.8, 4) is 0 Å². The number of carbonyl (C=O) groups excluding carboxylic acids is 1. The second-order valence-corrected chi connectivity index (χ2v) is 4.33. The zero-order valence-corrected chi connectivity index (χ0v) is 11.1. The average Bonchev–Trinajstić information content (AvgIpc) is 2.23. The van der Waals surface area contributed by atoms with E-state index in [0.29, 0.717) is 12.6 Å². The van der Waals surface area contributed by atoms with E-state index in [1.165, 1.54) is 7.11 Å². The monoisotopic (exact) mass is 231 g/mol. The van der Waals surface area contributed by atoms with Crippen LogP contribution in [-0.2, 0) is 9.53 Å². The zero-order valence-electron chi connectivity index (χ0n) is 11.1. The van der Waals surface area contributed by atoms with Crippen molar-refractivity contribution in [2.24, 2.45) is 5.73 Å². The van der Waals surface area contributed by atoms with Gasteiger partial charge in [-0.05, 0) is 27.6 Å². The van der Waals surface area contributed by atoms with Crippen LogP contribution in [0.5, 0.6) is 0 Å². The minimum absolute atomic E-state index is 0.351. The van der Waals surface area contributed by atoms with Crippen LogP contribution in [0.15, 0.2) is 0 Å². The standard InChI is InChI=1S/C11H25N3O2/c1-6-14(9(2)7-13(3)4)8-10(12)11(15)16-5/h9-10H,6-8,12H2,1-5H3. The Morgan fingerprint density at radius 3 is 2.31 bits per heavy atom. The van der Waals surface area contributed by atoms with Gasteiger partial charge in [0, 0.05) is 19.1 Å². The minimum Gasteiger partial charge on any atom is -0.468 e. The Labute approximate surface area is 98.5 Å². The minimum atomic E-state index is -0.561. The van der Waals surface area contributed by atoms with Crippen LogP contribution in [0, 0.1) is 0 Å². The number of hydrogen-bond acceptors (Lipinski definition) is 5. The first-order valence-electron chi connectivity index (χ1n) is 5.64. The van der Waals surface area contributed by atoms with Gasteiger partial charge in [-0.15, -0.1) is 0 Å². The number of hydrogen-bond donors (Lipinski definition) is 1. The fraction of sp³-hybridized carbons (Fsp3) is 0.909. The fourth-order valence-electron chi connectivity index (χ4n) is 1.74. The first kappa shape index (κ1) is 15.3. The molecule has 2 atom stereocenters. The van der Waals surface area contributed by atoms with Crippen LogP contribution in [-0.4, -0.2) is 68.7 Å². The topological polar surface area (TPSA) is 58.8 Å². The lowest BCUT2D eigenvalue weighted by Gasteiger charge is -2.31. The molecule has 0 spiro atoms. The van der Waals surface area contributed by atoms with E-state index in [9.17, 15) is 4.79 Å². The SMILES string of the molecule is CCN(CC(N)C(=O)OC)C(C)CN(C)C. The smallest absolute Gasteiger partial charge is 0.323 e. The van der Waals surface area contributed by atoms with Crippen LogP contribution >= 0.6 is 0 Å². The molecule has 0 aliphatic rings. The molecule has 5 heteroatoms. The number of rotatable bonds is 7. The molecule has 0 radical (unpaired) electrons. The van der Waals surface area contributed by atoms with E-state index < -0.39 is 6.04 Å². The highest BCUT2D eigenvalue weighted by Crippen LogP contribution is 2.01. The Morgan fingerprint density at radius 1 is 1.38 bits per heavy atom. The van der Waals surface area contributed by atoms with Gasteiger partial charge in [-0.2, -0.15) is 0 Å². The van der Waals surface area contributed by atoms with E-state index >= 15 is 0 Å². The van der Waals surface area contributed by atoms with Crippen LogP contribution in [0.4, 0.5) is 0 Å². The molecule has 0 fully saturated rings. The van der Waals surface area contributed by atoms with E-state index in [-0.39, 0.29) is 5.97 Å². The first-order valence-corrected chi connectivity index (χ1v) is 5.64. The number of nitrogens with two attached hydrogens (primary N) is 1. The van der Waals surface area contributed by atoms with Gasteiger partial charge in [-0.3, -0.25) is 9.69 Å². The third-order valence-electron chi connectivity index (χ3n) is 2.59. The van der Waals surface area contributed by atoms with Crippen molar-refractivity contribution >= 4 is 5.97 Å². The van der Waals surface area contributed by atoms with Crippen molar-refractivity contribution in [2.75, 3.05) is 40.8 Å². The summed E-state index contributed by atoms with van der Waals surface area (Å²) in [5.74, 6) is -0.351. The van der Waals surface area contributed by atoms with Crippen molar-refractivity contribution < 1.29 is 9.53 Å². The largest absolute Gasteiger partial charge is 0.468 e. The Balaban J connectivity index is 4.23. The molecule has 0 rings (SSSR count). The van der Waals surface area contributed by atoms with Crippen molar-refractivity contribution in [1.29, 1.82) is 0 Å². The summed E-state index contributed by atoms with van der Waals surface area (Å²) < 4.78 is 4.62. The number of carbonyl (C=O) groups is 1. The number of ether oxygens (including phenoxy) is 1. The van der Waals surface area contributed by atoms with Gasteiger partial charge in [0.15, 0.2) is 0 Å². The predicted molar refractivity (Wildman–Crippen MR) is 65.3 cm³/mol. The fourth-order valence-corrected chi connectivity index (χ4v) is 1.74. The van der Waals surface area contributed by atoms with Gasteiger partial charge in [0.2, 0.25) is 0 Å². The van der Waals surface area contributed by atoms with E-state index in [1.807, 2.05) is 14.1 Å². The summed E-state index contributed by atoms with van der Waals surface area (Å²) in [7, 11) is 5.43. The lowest BCUT2D eigenvalue weighted by atomic mass is 10.2. The van der Waals surface area contributed by atoms with E-state index in [0.717, 1.165) is 13.1 Å². The van der Waals surface area contributed by atoms with Crippen LogP contribution < -0.4 is 5.73 Å². The third-order valence-corrected chi connectivity index (χ3v) is 2.59. The quantitative estimate of drug-likeness (QED) is 0.613. The number of nitrogens with zero attached hydrogens (tertiary/aromatic N) is 2. The van der Waals surface area contributed by atoms with Gasteiger partial charge >= 0.3 is 5.97 Å². The van der Waals surface area contributed by atoms with Crippen LogP contribution in [0.2, 0.25) is 0 Å². The number of likely N-dealkylation sites (N-methyl/N-ethyl adjacent to an activating group) is 2. The Hall–Kier alpha value is -0.650. The molecule has 0 heterocycles. The molecule has 0 aromatic rings. The molecule has 0 amide bonds. The van der Waals surface area contributed by atoms with Gasteiger partial charge in [-0.25, -0.2) is 0 Å². The molecule has 0 bridgehead atoms. The van der Waals surface area contributed by atoms with E-state index in [1.54, 1.807) is 0 Å². The molecule has 0 saturated heterocycles. The van der Waals surface area contributed by atoms with Gasteiger partial charge in [0.25, 0.3) is 0 Å². The van der Waals surface area contributed by atoms with Crippen molar-refractivity contribution in [3.05, 3.63) is 0 Å². The van der Waals surface area contributed by atoms with E-state index in [2.05, 4.69) is 28.4 Å². The maximum absolute atomic E-state index is 11.2. The molecule has 5 nitrogen and oxygen atoms in total. The molecule has 96 valence electrons.